The van der Waals surface area contributed by atoms with Gasteiger partial charge in [0.2, 0.25) is 5.91 Å². The number of nitrogens with one attached hydrogen (secondary N) is 2. The molecule has 2 rings (SSSR count). The normalized spacial score (nSPS) is 20.9. The van der Waals surface area contributed by atoms with Crippen molar-refractivity contribution < 1.29 is 9.18 Å². The minimum Gasteiger partial charge on any atom is -0.353 e. The van der Waals surface area contributed by atoms with E-state index in [1.165, 1.54) is 30.2 Å². The topological polar surface area (TPSA) is 56.7 Å². The zero-order valence-corrected chi connectivity index (χ0v) is 15.4. The van der Waals surface area contributed by atoms with Crippen LogP contribution < -0.4 is 10.6 Å². The van der Waals surface area contributed by atoms with Gasteiger partial charge in [0.1, 0.15) is 5.82 Å². The van der Waals surface area contributed by atoms with Crippen LogP contribution in [0.15, 0.2) is 29.3 Å². The van der Waals surface area contributed by atoms with Crippen LogP contribution >= 0.6 is 0 Å². The van der Waals surface area contributed by atoms with Gasteiger partial charge in [-0.1, -0.05) is 38.0 Å². The van der Waals surface area contributed by atoms with E-state index in [1.807, 2.05) is 0 Å². The summed E-state index contributed by atoms with van der Waals surface area (Å²) in [6.07, 6.45) is 4.73. The molecule has 1 aliphatic rings. The molecule has 138 valence electrons. The summed E-state index contributed by atoms with van der Waals surface area (Å²) in [6.45, 7) is 2.63. The molecule has 2 atom stereocenters. The third-order valence-corrected chi connectivity index (χ3v) is 4.70. The van der Waals surface area contributed by atoms with Crippen molar-refractivity contribution in [2.45, 2.75) is 45.2 Å². The van der Waals surface area contributed by atoms with Crippen LogP contribution in [0.5, 0.6) is 0 Å². The lowest BCUT2D eigenvalue weighted by Gasteiger charge is -2.31. The summed E-state index contributed by atoms with van der Waals surface area (Å²) in [5.41, 5.74) is 0.541. The third-order valence-electron chi connectivity index (χ3n) is 4.70. The Morgan fingerprint density at radius 1 is 1.28 bits per heavy atom. The number of benzene rings is 1. The molecule has 1 fully saturated rings. The van der Waals surface area contributed by atoms with Crippen LogP contribution in [0.1, 0.15) is 38.2 Å². The molecule has 0 aliphatic heterocycles. The highest BCUT2D eigenvalue weighted by molar-refractivity contribution is 5.86. The van der Waals surface area contributed by atoms with E-state index in [0.717, 1.165) is 6.42 Å². The van der Waals surface area contributed by atoms with Gasteiger partial charge in [0, 0.05) is 25.7 Å². The second kappa shape index (κ2) is 9.39. The second-order valence-electron chi connectivity index (χ2n) is 6.91. The Labute approximate surface area is 149 Å². The van der Waals surface area contributed by atoms with Crippen molar-refractivity contribution in [1.82, 2.24) is 15.5 Å². The van der Waals surface area contributed by atoms with Crippen molar-refractivity contribution >= 4 is 11.9 Å². The monoisotopic (exact) mass is 348 g/mol. The molecule has 0 spiro atoms. The van der Waals surface area contributed by atoms with Gasteiger partial charge in [-0.25, -0.2) is 9.38 Å². The van der Waals surface area contributed by atoms with Gasteiger partial charge < -0.3 is 15.5 Å². The van der Waals surface area contributed by atoms with Crippen LogP contribution in [0, 0.1) is 11.7 Å². The highest BCUT2D eigenvalue weighted by Gasteiger charge is 2.22. The molecule has 1 aliphatic carbocycles. The van der Waals surface area contributed by atoms with Crippen molar-refractivity contribution in [1.29, 1.82) is 0 Å². The Bertz CT molecular complexity index is 603. The molecule has 0 radical (unpaired) electrons. The zero-order valence-electron chi connectivity index (χ0n) is 15.4. The molecular weight excluding hydrogens is 319 g/mol. The number of amides is 1. The fraction of sp³-hybridized carbons (Fsp3) is 0.579. The number of guanidine groups is 1. The summed E-state index contributed by atoms with van der Waals surface area (Å²) in [4.78, 5) is 17.9. The third kappa shape index (κ3) is 6.03. The number of hydrogen-bond acceptors (Lipinski definition) is 2. The van der Waals surface area contributed by atoms with E-state index in [2.05, 4.69) is 22.5 Å². The van der Waals surface area contributed by atoms with Crippen molar-refractivity contribution in [3.63, 3.8) is 0 Å². The van der Waals surface area contributed by atoms with Crippen molar-refractivity contribution in [3.8, 4) is 0 Å². The number of rotatable bonds is 5. The molecule has 0 saturated heterocycles. The number of carbonyl (C=O) groups excluding carboxylic acids is 1. The number of aliphatic imine (C=N–C) groups is 1. The molecule has 2 N–H and O–H groups in total. The summed E-state index contributed by atoms with van der Waals surface area (Å²) in [7, 11) is 3.44. The second-order valence-corrected chi connectivity index (χ2v) is 6.91. The molecule has 2 unspecified atom stereocenters. The summed E-state index contributed by atoms with van der Waals surface area (Å²) in [5.74, 6) is 0.828. The molecule has 6 heteroatoms. The lowest BCUT2D eigenvalue weighted by atomic mass is 9.86. The Balaban J connectivity index is 2.05. The van der Waals surface area contributed by atoms with Gasteiger partial charge in [0.25, 0.3) is 0 Å². The quantitative estimate of drug-likeness (QED) is 0.635. The highest BCUT2D eigenvalue weighted by atomic mass is 19.1. The van der Waals surface area contributed by atoms with Crippen molar-refractivity contribution in [2.24, 2.45) is 10.9 Å². The molecular formula is C19H29FN4O. The molecule has 1 amide bonds. The Morgan fingerprint density at radius 2 is 2.00 bits per heavy atom. The van der Waals surface area contributed by atoms with Gasteiger partial charge in [0.15, 0.2) is 5.96 Å². The van der Waals surface area contributed by atoms with Gasteiger partial charge in [-0.3, -0.25) is 4.79 Å². The maximum absolute atomic E-state index is 13.8. The average Bonchev–Trinajstić information content (AvgIpc) is 2.59. The molecule has 0 bridgehead atoms. The molecule has 0 heterocycles. The molecule has 5 nitrogen and oxygen atoms in total. The van der Waals surface area contributed by atoms with Gasteiger partial charge in [-0.15, -0.1) is 0 Å². The fourth-order valence-corrected chi connectivity index (χ4v) is 2.97. The first kappa shape index (κ1) is 19.2. The summed E-state index contributed by atoms with van der Waals surface area (Å²) >= 11 is 0. The van der Waals surface area contributed by atoms with Crippen LogP contribution in [0.4, 0.5) is 4.39 Å². The largest absolute Gasteiger partial charge is 0.353 e. The minimum absolute atomic E-state index is 0.0305. The van der Waals surface area contributed by atoms with E-state index < -0.39 is 0 Å². The average molecular weight is 348 g/mol. The van der Waals surface area contributed by atoms with Gasteiger partial charge in [0.05, 0.1) is 13.1 Å². The number of hydrogen-bond donors (Lipinski definition) is 2. The van der Waals surface area contributed by atoms with E-state index in [4.69, 9.17) is 0 Å². The van der Waals surface area contributed by atoms with Crippen molar-refractivity contribution in [2.75, 3.05) is 20.6 Å². The van der Waals surface area contributed by atoms with Gasteiger partial charge in [-0.05, 0) is 24.8 Å². The Morgan fingerprint density at radius 3 is 2.68 bits per heavy atom. The zero-order chi connectivity index (χ0) is 18.2. The van der Waals surface area contributed by atoms with Crippen LogP contribution in [0.3, 0.4) is 0 Å². The van der Waals surface area contributed by atoms with Crippen molar-refractivity contribution in [3.05, 3.63) is 35.6 Å². The lowest BCUT2D eigenvalue weighted by Crippen LogP contribution is -2.49. The molecule has 1 saturated carbocycles. The predicted octanol–water partition coefficient (Wildman–Crippen LogP) is 2.53. The Kier molecular flexibility index (Phi) is 7.22. The van der Waals surface area contributed by atoms with Crippen LogP contribution in [-0.2, 0) is 11.3 Å². The summed E-state index contributed by atoms with van der Waals surface area (Å²) in [5, 5.41) is 6.52. The minimum atomic E-state index is -0.263. The van der Waals surface area contributed by atoms with E-state index in [9.17, 15) is 9.18 Å². The number of halogens is 1. The van der Waals surface area contributed by atoms with Crippen LogP contribution in [-0.4, -0.2) is 43.4 Å². The van der Waals surface area contributed by atoms with E-state index >= 15 is 0 Å². The smallest absolute Gasteiger partial charge is 0.241 e. The van der Waals surface area contributed by atoms with E-state index in [1.54, 1.807) is 32.3 Å². The van der Waals surface area contributed by atoms with Gasteiger partial charge in [-0.2, -0.15) is 0 Å². The standard InChI is InChI=1S/C19H29FN4O/c1-14-8-4-7-11-17(14)23-19(22-13-18(25)24(2)3)21-12-15-9-5-6-10-16(15)20/h5-6,9-10,14,17H,4,7-8,11-13H2,1-3H3,(H2,21,22,23). The molecule has 0 aromatic heterocycles. The number of carbonyl (C=O) groups is 1. The SMILES string of the molecule is CC1CCCCC1NC(=NCc1ccccc1F)NCC(=O)N(C)C. The van der Waals surface area contributed by atoms with E-state index in [-0.39, 0.29) is 24.8 Å². The summed E-state index contributed by atoms with van der Waals surface area (Å²) < 4.78 is 13.8. The highest BCUT2D eigenvalue weighted by Crippen LogP contribution is 2.23. The fourth-order valence-electron chi connectivity index (χ4n) is 2.97. The lowest BCUT2D eigenvalue weighted by molar-refractivity contribution is -0.127. The molecule has 1 aromatic carbocycles. The molecule has 25 heavy (non-hydrogen) atoms. The first-order valence-corrected chi connectivity index (χ1v) is 8.95. The number of nitrogens with zero attached hydrogens (tertiary/aromatic N) is 2. The first-order valence-electron chi connectivity index (χ1n) is 8.95. The molecule has 1 aromatic rings. The predicted molar refractivity (Wildman–Crippen MR) is 98.8 cm³/mol. The Hall–Kier alpha value is -2.11. The van der Waals surface area contributed by atoms with Crippen LogP contribution in [0.2, 0.25) is 0 Å². The summed E-state index contributed by atoms with van der Waals surface area (Å²) in [6, 6.07) is 6.96. The van der Waals surface area contributed by atoms with E-state index in [0.29, 0.717) is 23.5 Å². The maximum atomic E-state index is 13.8. The first-order chi connectivity index (χ1) is 12.0. The number of likely N-dealkylation sites (N-methyl/N-ethyl adjacent to an activating group) is 1. The maximum Gasteiger partial charge on any atom is 0.241 e. The van der Waals surface area contributed by atoms with Gasteiger partial charge >= 0.3 is 0 Å². The van der Waals surface area contributed by atoms with Crippen LogP contribution in [0.25, 0.3) is 0 Å².